The Morgan fingerprint density at radius 1 is 1.42 bits per heavy atom. The van der Waals surface area contributed by atoms with Crippen molar-refractivity contribution in [2.24, 2.45) is 5.92 Å². The summed E-state index contributed by atoms with van der Waals surface area (Å²) >= 11 is 0. The van der Waals surface area contributed by atoms with Crippen LogP contribution in [0.4, 0.5) is 4.39 Å². The third kappa shape index (κ3) is 2.16. The van der Waals surface area contributed by atoms with Crippen LogP contribution in [-0.4, -0.2) is 19.0 Å². The van der Waals surface area contributed by atoms with Crippen LogP contribution in [0.3, 0.4) is 0 Å². The lowest BCUT2D eigenvalue weighted by Gasteiger charge is -2.19. The first-order valence-electron chi connectivity index (χ1n) is 6.47. The second-order valence-corrected chi connectivity index (χ2v) is 4.97. The van der Waals surface area contributed by atoms with Gasteiger partial charge in [0.2, 0.25) is 5.78 Å². The minimum atomic E-state index is -0.323. The van der Waals surface area contributed by atoms with Gasteiger partial charge in [-0.15, -0.1) is 0 Å². The lowest BCUT2D eigenvalue weighted by molar-refractivity contribution is 0.0444. The molecule has 3 nitrogen and oxygen atoms in total. The average Bonchev–Trinajstić information content (AvgIpc) is 2.76. The number of carbonyl (C=O) groups excluding carboxylic acids is 1. The number of carbonyl (C=O) groups is 1. The van der Waals surface area contributed by atoms with E-state index in [1.54, 1.807) is 13.0 Å². The molecular weight excluding hydrogens is 247 g/mol. The fourth-order valence-electron chi connectivity index (χ4n) is 2.56. The Kier molecular flexibility index (Phi) is 3.11. The fourth-order valence-corrected chi connectivity index (χ4v) is 2.56. The molecule has 0 N–H and O–H groups in total. The van der Waals surface area contributed by atoms with Gasteiger partial charge in [0, 0.05) is 23.5 Å². The molecule has 1 fully saturated rings. The molecule has 0 amide bonds. The number of aryl methyl sites for hydroxylation is 1. The maximum absolute atomic E-state index is 13.2. The first kappa shape index (κ1) is 12.4. The number of hydrogen-bond acceptors (Lipinski definition) is 3. The highest BCUT2D eigenvalue weighted by Crippen LogP contribution is 2.29. The van der Waals surface area contributed by atoms with Crippen LogP contribution in [0.1, 0.15) is 29.0 Å². The zero-order chi connectivity index (χ0) is 13.4. The highest BCUT2D eigenvalue weighted by atomic mass is 19.1. The maximum atomic E-state index is 13.2. The predicted molar refractivity (Wildman–Crippen MR) is 68.8 cm³/mol. The SMILES string of the molecule is Cc1c(C(=O)C2CCCOC2)oc2ccc(F)cc12. The van der Waals surface area contributed by atoms with Gasteiger partial charge in [0.15, 0.2) is 5.76 Å². The molecule has 1 aromatic carbocycles. The number of furan rings is 1. The van der Waals surface area contributed by atoms with Gasteiger partial charge in [-0.3, -0.25) is 4.79 Å². The van der Waals surface area contributed by atoms with E-state index in [4.69, 9.17) is 9.15 Å². The van der Waals surface area contributed by atoms with Gasteiger partial charge in [0.05, 0.1) is 6.61 Å². The minimum Gasteiger partial charge on any atom is -0.453 e. The lowest BCUT2D eigenvalue weighted by Crippen LogP contribution is -2.25. The number of benzene rings is 1. The quantitative estimate of drug-likeness (QED) is 0.778. The van der Waals surface area contributed by atoms with Gasteiger partial charge in [-0.05, 0) is 38.0 Å². The highest BCUT2D eigenvalue weighted by Gasteiger charge is 2.27. The van der Waals surface area contributed by atoms with Crippen LogP contribution in [0.25, 0.3) is 11.0 Å². The number of ether oxygens (including phenoxy) is 1. The molecule has 1 aliphatic heterocycles. The zero-order valence-electron chi connectivity index (χ0n) is 10.7. The Morgan fingerprint density at radius 2 is 2.26 bits per heavy atom. The van der Waals surface area contributed by atoms with Gasteiger partial charge in [-0.25, -0.2) is 4.39 Å². The van der Waals surface area contributed by atoms with Crippen molar-refractivity contribution in [3.05, 3.63) is 35.3 Å². The summed E-state index contributed by atoms with van der Waals surface area (Å²) in [6.45, 7) is 2.96. The van der Waals surface area contributed by atoms with E-state index >= 15 is 0 Å². The van der Waals surface area contributed by atoms with Crippen LogP contribution in [-0.2, 0) is 4.74 Å². The fraction of sp³-hybridized carbons (Fsp3) is 0.400. The number of rotatable bonds is 2. The smallest absolute Gasteiger partial charge is 0.203 e. The van der Waals surface area contributed by atoms with E-state index in [-0.39, 0.29) is 17.5 Å². The zero-order valence-corrected chi connectivity index (χ0v) is 10.7. The van der Waals surface area contributed by atoms with Crippen LogP contribution in [0.5, 0.6) is 0 Å². The number of Topliss-reactive ketones (excluding diaryl/α,β-unsaturated/α-hetero) is 1. The third-order valence-corrected chi connectivity index (χ3v) is 3.65. The molecule has 0 aliphatic carbocycles. The van der Waals surface area contributed by atoms with E-state index in [1.807, 2.05) is 0 Å². The summed E-state index contributed by atoms with van der Waals surface area (Å²) in [6.07, 6.45) is 1.72. The monoisotopic (exact) mass is 262 g/mol. The van der Waals surface area contributed by atoms with Crippen molar-refractivity contribution >= 4 is 16.8 Å². The van der Waals surface area contributed by atoms with E-state index in [1.165, 1.54) is 12.1 Å². The Balaban J connectivity index is 2.00. The summed E-state index contributed by atoms with van der Waals surface area (Å²) in [4.78, 5) is 12.4. The minimum absolute atomic E-state index is 0.0335. The van der Waals surface area contributed by atoms with Gasteiger partial charge < -0.3 is 9.15 Å². The second-order valence-electron chi connectivity index (χ2n) is 4.97. The Hall–Kier alpha value is -1.68. The van der Waals surface area contributed by atoms with E-state index < -0.39 is 0 Å². The molecular formula is C15H15FO3. The molecule has 2 aromatic rings. The molecule has 1 aliphatic rings. The molecule has 0 bridgehead atoms. The van der Waals surface area contributed by atoms with Gasteiger partial charge >= 0.3 is 0 Å². The van der Waals surface area contributed by atoms with E-state index in [9.17, 15) is 9.18 Å². The van der Waals surface area contributed by atoms with E-state index in [2.05, 4.69) is 0 Å². The van der Waals surface area contributed by atoms with Crippen LogP contribution in [0.2, 0.25) is 0 Å². The molecule has 0 saturated carbocycles. The molecule has 3 rings (SSSR count). The number of halogens is 1. The maximum Gasteiger partial charge on any atom is 0.203 e. The summed E-state index contributed by atoms with van der Waals surface area (Å²) < 4.78 is 24.2. The van der Waals surface area contributed by atoms with Gasteiger partial charge in [-0.1, -0.05) is 0 Å². The highest BCUT2D eigenvalue weighted by molar-refractivity contribution is 6.01. The summed E-state index contributed by atoms with van der Waals surface area (Å²) in [7, 11) is 0. The molecule has 19 heavy (non-hydrogen) atoms. The Morgan fingerprint density at radius 3 is 3.00 bits per heavy atom. The van der Waals surface area contributed by atoms with Crippen molar-refractivity contribution in [2.45, 2.75) is 19.8 Å². The molecule has 100 valence electrons. The van der Waals surface area contributed by atoms with Crippen molar-refractivity contribution in [1.82, 2.24) is 0 Å². The van der Waals surface area contributed by atoms with Crippen molar-refractivity contribution in [2.75, 3.05) is 13.2 Å². The van der Waals surface area contributed by atoms with Crippen LogP contribution >= 0.6 is 0 Å². The van der Waals surface area contributed by atoms with Crippen molar-refractivity contribution in [3.8, 4) is 0 Å². The van der Waals surface area contributed by atoms with Gasteiger partial charge in [-0.2, -0.15) is 0 Å². The average molecular weight is 262 g/mol. The molecule has 1 saturated heterocycles. The van der Waals surface area contributed by atoms with Crippen LogP contribution in [0, 0.1) is 18.7 Å². The van der Waals surface area contributed by atoms with Crippen molar-refractivity contribution in [1.29, 1.82) is 0 Å². The molecule has 0 radical (unpaired) electrons. The standard InChI is InChI=1S/C15H15FO3/c1-9-12-7-11(16)4-5-13(12)19-15(9)14(17)10-3-2-6-18-8-10/h4-5,7,10H,2-3,6,8H2,1H3. The normalized spacial score (nSPS) is 19.8. The van der Waals surface area contributed by atoms with E-state index in [0.717, 1.165) is 12.8 Å². The number of fused-ring (bicyclic) bond motifs is 1. The molecule has 0 spiro atoms. The molecule has 4 heteroatoms. The van der Waals surface area contributed by atoms with Gasteiger partial charge in [0.25, 0.3) is 0 Å². The third-order valence-electron chi connectivity index (χ3n) is 3.65. The predicted octanol–water partition coefficient (Wildman–Crippen LogP) is 3.49. The summed E-state index contributed by atoms with van der Waals surface area (Å²) in [5, 5.41) is 0.667. The summed E-state index contributed by atoms with van der Waals surface area (Å²) in [5.41, 5.74) is 1.27. The van der Waals surface area contributed by atoms with Gasteiger partial charge in [0.1, 0.15) is 11.4 Å². The largest absolute Gasteiger partial charge is 0.453 e. The topological polar surface area (TPSA) is 39.4 Å². The number of ketones is 1. The molecule has 2 heterocycles. The number of hydrogen-bond donors (Lipinski definition) is 0. The lowest BCUT2D eigenvalue weighted by atomic mass is 9.94. The van der Waals surface area contributed by atoms with Crippen molar-refractivity contribution < 1.29 is 18.3 Å². The first-order valence-corrected chi connectivity index (χ1v) is 6.47. The second kappa shape index (κ2) is 4.78. The van der Waals surface area contributed by atoms with Crippen LogP contribution in [0.15, 0.2) is 22.6 Å². The first-order chi connectivity index (χ1) is 9.16. The Labute approximate surface area is 110 Å². The van der Waals surface area contributed by atoms with Crippen molar-refractivity contribution in [3.63, 3.8) is 0 Å². The summed E-state index contributed by atoms with van der Waals surface area (Å²) in [5.74, 6) is -0.154. The molecule has 1 atom stereocenters. The molecule has 1 unspecified atom stereocenters. The molecule has 1 aromatic heterocycles. The van der Waals surface area contributed by atoms with Crippen LogP contribution < -0.4 is 0 Å². The van der Waals surface area contributed by atoms with E-state index in [0.29, 0.717) is 35.5 Å². The summed E-state index contributed by atoms with van der Waals surface area (Å²) in [6, 6.07) is 4.30. The Bertz CT molecular complexity index is 624.